The smallest absolute Gasteiger partial charge is 0.120 e. The fourth-order valence-corrected chi connectivity index (χ4v) is 2.02. The van der Waals surface area contributed by atoms with E-state index >= 15 is 0 Å². The SMILES string of the molecule is COCCOCCN(CCOCCOC)c1cccc(OC)c1. The first kappa shape index (κ1) is 19.7. The van der Waals surface area contributed by atoms with Gasteiger partial charge in [0.05, 0.1) is 46.8 Å². The molecule has 0 spiro atoms. The van der Waals surface area contributed by atoms with Crippen LogP contribution in [-0.4, -0.2) is 74.1 Å². The van der Waals surface area contributed by atoms with E-state index < -0.39 is 0 Å². The van der Waals surface area contributed by atoms with Crippen molar-refractivity contribution in [2.75, 3.05) is 79.0 Å². The van der Waals surface area contributed by atoms with Crippen LogP contribution in [-0.2, 0) is 18.9 Å². The molecule has 1 rings (SSSR count). The second-order valence-corrected chi connectivity index (χ2v) is 4.90. The van der Waals surface area contributed by atoms with Gasteiger partial charge >= 0.3 is 0 Å². The largest absolute Gasteiger partial charge is 0.497 e. The molecule has 1 aromatic rings. The summed E-state index contributed by atoms with van der Waals surface area (Å²) in [4.78, 5) is 2.22. The van der Waals surface area contributed by atoms with Gasteiger partial charge in [-0.3, -0.25) is 0 Å². The molecule has 0 radical (unpaired) electrons. The van der Waals surface area contributed by atoms with E-state index in [4.69, 9.17) is 23.7 Å². The van der Waals surface area contributed by atoms with Crippen molar-refractivity contribution < 1.29 is 23.7 Å². The van der Waals surface area contributed by atoms with Crippen molar-refractivity contribution in [3.63, 3.8) is 0 Å². The molecule has 132 valence electrons. The van der Waals surface area contributed by atoms with E-state index in [1.807, 2.05) is 18.2 Å². The van der Waals surface area contributed by atoms with Gasteiger partial charge < -0.3 is 28.6 Å². The molecule has 0 unspecified atom stereocenters. The Morgan fingerprint density at radius 3 is 1.91 bits per heavy atom. The standard InChI is InChI=1S/C17H29NO5/c1-19-11-13-22-9-7-18(8-10-23-14-12-20-2)16-5-4-6-17(15-16)21-3/h4-6,15H,7-14H2,1-3H3. The zero-order valence-corrected chi connectivity index (χ0v) is 14.5. The van der Waals surface area contributed by atoms with Crippen molar-refractivity contribution in [3.05, 3.63) is 24.3 Å². The summed E-state index contributed by atoms with van der Waals surface area (Å²) in [5.41, 5.74) is 1.09. The van der Waals surface area contributed by atoms with E-state index in [9.17, 15) is 0 Å². The third-order valence-corrected chi connectivity index (χ3v) is 3.29. The number of hydrogen-bond acceptors (Lipinski definition) is 6. The van der Waals surface area contributed by atoms with E-state index in [0.29, 0.717) is 39.6 Å². The highest BCUT2D eigenvalue weighted by atomic mass is 16.5. The van der Waals surface area contributed by atoms with E-state index in [1.165, 1.54) is 0 Å². The van der Waals surface area contributed by atoms with E-state index in [1.54, 1.807) is 21.3 Å². The van der Waals surface area contributed by atoms with Gasteiger partial charge in [0.1, 0.15) is 5.75 Å². The van der Waals surface area contributed by atoms with Crippen molar-refractivity contribution >= 4 is 5.69 Å². The van der Waals surface area contributed by atoms with Gasteiger partial charge in [0, 0.05) is 39.1 Å². The molecule has 0 aliphatic heterocycles. The Kier molecular flexibility index (Phi) is 11.3. The number of rotatable bonds is 14. The van der Waals surface area contributed by atoms with Crippen LogP contribution in [0.5, 0.6) is 5.75 Å². The van der Waals surface area contributed by atoms with Gasteiger partial charge in [-0.2, -0.15) is 0 Å². The molecule has 0 amide bonds. The zero-order valence-electron chi connectivity index (χ0n) is 14.5. The molecule has 6 nitrogen and oxygen atoms in total. The molecule has 0 fully saturated rings. The summed E-state index contributed by atoms with van der Waals surface area (Å²) in [7, 11) is 5.01. The van der Waals surface area contributed by atoms with Gasteiger partial charge in [-0.05, 0) is 12.1 Å². The average molecular weight is 327 g/mol. The summed E-state index contributed by atoms with van der Waals surface area (Å²) < 4.78 is 26.4. The second-order valence-electron chi connectivity index (χ2n) is 4.90. The van der Waals surface area contributed by atoms with Crippen molar-refractivity contribution in [2.24, 2.45) is 0 Å². The number of methoxy groups -OCH3 is 3. The van der Waals surface area contributed by atoms with Crippen molar-refractivity contribution in [2.45, 2.75) is 0 Å². The molecule has 1 aromatic carbocycles. The monoisotopic (exact) mass is 327 g/mol. The third-order valence-electron chi connectivity index (χ3n) is 3.29. The summed E-state index contributed by atoms with van der Waals surface area (Å²) >= 11 is 0. The highest BCUT2D eigenvalue weighted by molar-refractivity contribution is 5.50. The molecule has 0 N–H and O–H groups in total. The lowest BCUT2D eigenvalue weighted by Gasteiger charge is -2.25. The fraction of sp³-hybridized carbons (Fsp3) is 0.647. The van der Waals surface area contributed by atoms with E-state index in [-0.39, 0.29) is 0 Å². The van der Waals surface area contributed by atoms with Gasteiger partial charge in [0.15, 0.2) is 0 Å². The van der Waals surface area contributed by atoms with Crippen LogP contribution in [0.4, 0.5) is 5.69 Å². The molecule has 23 heavy (non-hydrogen) atoms. The minimum Gasteiger partial charge on any atom is -0.497 e. The van der Waals surface area contributed by atoms with Crippen molar-refractivity contribution in [3.8, 4) is 5.75 Å². The Balaban J connectivity index is 2.49. The van der Waals surface area contributed by atoms with Crippen LogP contribution in [0.15, 0.2) is 24.3 Å². The lowest BCUT2D eigenvalue weighted by molar-refractivity contribution is 0.0677. The summed E-state index contributed by atoms with van der Waals surface area (Å²) in [5.74, 6) is 0.841. The number of nitrogens with zero attached hydrogens (tertiary/aromatic N) is 1. The Morgan fingerprint density at radius 1 is 0.783 bits per heavy atom. The number of anilines is 1. The molecule has 0 heterocycles. The van der Waals surface area contributed by atoms with Gasteiger partial charge in [-0.1, -0.05) is 6.07 Å². The molecular formula is C17H29NO5. The predicted molar refractivity (Wildman–Crippen MR) is 90.6 cm³/mol. The molecule has 0 bridgehead atoms. The van der Waals surface area contributed by atoms with E-state index in [0.717, 1.165) is 24.5 Å². The van der Waals surface area contributed by atoms with Crippen LogP contribution in [0.3, 0.4) is 0 Å². The Hall–Kier alpha value is -1.34. The number of hydrogen-bond donors (Lipinski definition) is 0. The average Bonchev–Trinajstić information content (AvgIpc) is 2.59. The molecule has 0 saturated carbocycles. The third kappa shape index (κ3) is 8.76. The maximum Gasteiger partial charge on any atom is 0.120 e. The summed E-state index contributed by atoms with van der Waals surface area (Å²) in [5, 5.41) is 0. The molecule has 0 aliphatic rings. The minimum absolute atomic E-state index is 0.604. The number of benzene rings is 1. The molecular weight excluding hydrogens is 298 g/mol. The molecule has 0 aromatic heterocycles. The summed E-state index contributed by atoms with van der Waals surface area (Å²) in [6.45, 7) is 5.27. The van der Waals surface area contributed by atoms with Crippen molar-refractivity contribution in [1.82, 2.24) is 0 Å². The van der Waals surface area contributed by atoms with Gasteiger partial charge in [0.25, 0.3) is 0 Å². The van der Waals surface area contributed by atoms with Crippen LogP contribution in [0.2, 0.25) is 0 Å². The van der Waals surface area contributed by atoms with Crippen LogP contribution >= 0.6 is 0 Å². The predicted octanol–water partition coefficient (Wildman–Crippen LogP) is 1.83. The second kappa shape index (κ2) is 13.1. The normalized spacial score (nSPS) is 10.7. The van der Waals surface area contributed by atoms with Gasteiger partial charge in [0.2, 0.25) is 0 Å². The fourth-order valence-electron chi connectivity index (χ4n) is 2.02. The quantitative estimate of drug-likeness (QED) is 0.486. The first-order valence-corrected chi connectivity index (χ1v) is 7.84. The minimum atomic E-state index is 0.604. The van der Waals surface area contributed by atoms with Gasteiger partial charge in [-0.15, -0.1) is 0 Å². The lowest BCUT2D eigenvalue weighted by atomic mass is 10.2. The molecule has 0 atom stereocenters. The van der Waals surface area contributed by atoms with Gasteiger partial charge in [-0.25, -0.2) is 0 Å². The van der Waals surface area contributed by atoms with Crippen LogP contribution in [0.1, 0.15) is 0 Å². The lowest BCUT2D eigenvalue weighted by Crippen LogP contribution is -2.31. The summed E-state index contributed by atoms with van der Waals surface area (Å²) in [6, 6.07) is 8.00. The van der Waals surface area contributed by atoms with Crippen molar-refractivity contribution in [1.29, 1.82) is 0 Å². The zero-order chi connectivity index (χ0) is 16.8. The molecule has 0 aliphatic carbocycles. The maximum atomic E-state index is 5.57. The van der Waals surface area contributed by atoms with Crippen LogP contribution in [0.25, 0.3) is 0 Å². The highest BCUT2D eigenvalue weighted by Crippen LogP contribution is 2.20. The van der Waals surface area contributed by atoms with Crippen LogP contribution < -0.4 is 9.64 Å². The first-order chi connectivity index (χ1) is 11.3. The topological polar surface area (TPSA) is 49.4 Å². The Morgan fingerprint density at radius 2 is 1.39 bits per heavy atom. The van der Waals surface area contributed by atoms with Crippen LogP contribution in [0, 0.1) is 0 Å². The Bertz CT molecular complexity index is 388. The first-order valence-electron chi connectivity index (χ1n) is 7.84. The highest BCUT2D eigenvalue weighted by Gasteiger charge is 2.08. The summed E-state index contributed by atoms with van der Waals surface area (Å²) in [6.07, 6.45) is 0. The molecule has 0 saturated heterocycles. The number of ether oxygens (including phenoxy) is 5. The molecule has 6 heteroatoms. The Labute approximate surface area is 139 Å². The maximum absolute atomic E-state index is 5.57. The van der Waals surface area contributed by atoms with E-state index in [2.05, 4.69) is 11.0 Å².